The summed E-state index contributed by atoms with van der Waals surface area (Å²) in [4.78, 5) is 15.2. The van der Waals surface area contributed by atoms with E-state index in [1.54, 1.807) is 3.59 Å². The first kappa shape index (κ1) is 21.6. The van der Waals surface area contributed by atoms with Crippen LogP contribution in [0.3, 0.4) is 0 Å². The van der Waals surface area contributed by atoms with Crippen molar-refractivity contribution in [3.63, 3.8) is 0 Å². The van der Waals surface area contributed by atoms with Gasteiger partial charge in [-0.3, -0.25) is 0 Å². The minimum atomic E-state index is -2.38. The average molecular weight is 459 g/mol. The molecule has 2 rings (SSSR count). The summed E-state index contributed by atoms with van der Waals surface area (Å²) in [5.74, 6) is 0. The Morgan fingerprint density at radius 1 is 1.00 bits per heavy atom. The van der Waals surface area contributed by atoms with Gasteiger partial charge in [0.2, 0.25) is 0 Å². The number of benzene rings is 1. The van der Waals surface area contributed by atoms with Crippen LogP contribution in [0.5, 0.6) is 0 Å². The Morgan fingerprint density at radius 2 is 1.54 bits per heavy atom. The maximum absolute atomic E-state index is 5.01. The Bertz CT molecular complexity index is 664. The van der Waals surface area contributed by atoms with Crippen LogP contribution in [0.25, 0.3) is 3.59 Å². The van der Waals surface area contributed by atoms with Crippen molar-refractivity contribution in [3.8, 4) is 0 Å². The molecule has 1 aromatic rings. The molecule has 1 heterocycles. The summed E-state index contributed by atoms with van der Waals surface area (Å²) in [6.07, 6.45) is 2.21. The van der Waals surface area contributed by atoms with Crippen molar-refractivity contribution in [2.45, 2.75) is 74.6 Å². The molecule has 0 saturated heterocycles. The van der Waals surface area contributed by atoms with E-state index >= 15 is 0 Å². The third-order valence-electron chi connectivity index (χ3n) is 5.16. The third-order valence-corrected chi connectivity index (χ3v) is 11.3. The zero-order valence-electron chi connectivity index (χ0n) is 18.5. The molecule has 0 spiro atoms. The van der Waals surface area contributed by atoms with E-state index in [-0.39, 0.29) is 17.7 Å². The molecule has 0 fully saturated rings. The van der Waals surface area contributed by atoms with E-state index in [1.165, 1.54) is 11.3 Å². The quantitative estimate of drug-likeness (QED) is 0.479. The molecule has 142 valence electrons. The molecule has 1 aliphatic rings. The van der Waals surface area contributed by atoms with Crippen molar-refractivity contribution in [1.29, 1.82) is 0 Å². The molecule has 1 aliphatic heterocycles. The molecule has 0 amide bonds. The molecule has 26 heavy (non-hydrogen) atoms. The second-order valence-electron chi connectivity index (χ2n) is 10.8. The van der Waals surface area contributed by atoms with Crippen molar-refractivity contribution in [1.82, 2.24) is 4.81 Å². The van der Waals surface area contributed by atoms with Crippen LogP contribution >= 0.6 is 0 Å². The van der Waals surface area contributed by atoms with Gasteiger partial charge in [0.25, 0.3) is 0 Å². The normalized spacial score (nSPS) is 19.8. The molecule has 0 saturated carbocycles. The van der Waals surface area contributed by atoms with Gasteiger partial charge in [0, 0.05) is 0 Å². The molecular formula is C22H37BN2Sn. The van der Waals surface area contributed by atoms with Gasteiger partial charge in [0.15, 0.2) is 0 Å². The van der Waals surface area contributed by atoms with Gasteiger partial charge in [-0.05, 0) is 0 Å². The molecule has 2 nitrogen and oxygen atoms in total. The predicted molar refractivity (Wildman–Crippen MR) is 121 cm³/mol. The van der Waals surface area contributed by atoms with Crippen molar-refractivity contribution >= 4 is 35.2 Å². The van der Waals surface area contributed by atoms with E-state index in [0.29, 0.717) is 6.04 Å². The zero-order valence-corrected chi connectivity index (χ0v) is 21.4. The van der Waals surface area contributed by atoms with Gasteiger partial charge in [0.1, 0.15) is 0 Å². The molecule has 0 bridgehead atoms. The van der Waals surface area contributed by atoms with Crippen LogP contribution in [0.2, 0.25) is 20.1 Å². The van der Waals surface area contributed by atoms with Gasteiger partial charge in [-0.25, -0.2) is 0 Å². The zero-order chi connectivity index (χ0) is 19.9. The molecule has 1 atom stereocenters. The van der Waals surface area contributed by atoms with Crippen molar-refractivity contribution in [2.75, 3.05) is 0 Å². The Labute approximate surface area is 166 Å². The molecule has 0 radical (unpaired) electrons. The van der Waals surface area contributed by atoms with E-state index < -0.39 is 18.4 Å². The van der Waals surface area contributed by atoms with Crippen molar-refractivity contribution in [3.05, 3.63) is 41.6 Å². The van der Waals surface area contributed by atoms with Gasteiger partial charge < -0.3 is 0 Å². The number of hydrogen-bond donors (Lipinski definition) is 0. The first-order chi connectivity index (χ1) is 11.7. The van der Waals surface area contributed by atoms with E-state index in [9.17, 15) is 0 Å². The third kappa shape index (κ3) is 4.58. The van der Waals surface area contributed by atoms with Crippen LogP contribution in [0.4, 0.5) is 0 Å². The standard InChI is InChI=1S/C19H28BN2.3CH3.Sn/c1-15(13-16-11-9-8-10-12-16)22-17(18(2,3)4)14-21-20(22)19(5,6)7;;;;/h8-12,14,17H,1-7H3;3*1H3;. The SMILES string of the molecule is C/C(=[C](\c1ccccc1)[Sn]([CH3])([CH3])[CH3])N1B(C(C)(C)C)N=CC1C(C)(C)C. The summed E-state index contributed by atoms with van der Waals surface area (Å²) in [6.45, 7) is 16.5. The molecule has 0 aromatic heterocycles. The fourth-order valence-electron chi connectivity index (χ4n) is 4.05. The number of nitrogens with zero attached hydrogens (tertiary/aromatic N) is 2. The predicted octanol–water partition coefficient (Wildman–Crippen LogP) is 6.38. The Kier molecular flexibility index (Phi) is 6.12. The number of hydrogen-bond acceptors (Lipinski definition) is 2. The second kappa shape index (κ2) is 7.37. The molecular weight excluding hydrogens is 422 g/mol. The molecule has 0 aliphatic carbocycles. The van der Waals surface area contributed by atoms with Gasteiger partial charge in [-0.1, -0.05) is 0 Å². The monoisotopic (exact) mass is 460 g/mol. The first-order valence-corrected chi connectivity index (χ1v) is 19.8. The Hall–Kier alpha value is -0.706. The summed E-state index contributed by atoms with van der Waals surface area (Å²) < 4.78 is 1.62. The topological polar surface area (TPSA) is 15.6 Å². The van der Waals surface area contributed by atoms with E-state index in [4.69, 9.17) is 4.90 Å². The van der Waals surface area contributed by atoms with Gasteiger partial charge in [-0.2, -0.15) is 0 Å². The van der Waals surface area contributed by atoms with Gasteiger partial charge in [0.05, 0.1) is 0 Å². The van der Waals surface area contributed by atoms with E-state index in [0.717, 1.165) is 0 Å². The number of allylic oxidation sites excluding steroid dienone is 1. The molecule has 4 heteroatoms. The summed E-state index contributed by atoms with van der Waals surface area (Å²) in [5, 5.41) is 0.104. The summed E-state index contributed by atoms with van der Waals surface area (Å²) in [5.41, 5.74) is 3.00. The fourth-order valence-corrected chi connectivity index (χ4v) is 10.5. The van der Waals surface area contributed by atoms with Crippen molar-refractivity contribution in [2.24, 2.45) is 10.3 Å². The van der Waals surface area contributed by atoms with E-state index in [1.807, 2.05) is 0 Å². The fraction of sp³-hybridized carbons (Fsp3) is 0.591. The van der Waals surface area contributed by atoms with Crippen LogP contribution in [-0.2, 0) is 0 Å². The minimum absolute atomic E-state index is 0.104. The second-order valence-corrected chi connectivity index (χ2v) is 25.1. The number of rotatable bonds is 3. The summed E-state index contributed by atoms with van der Waals surface area (Å²) in [6, 6.07) is 11.4. The molecule has 0 N–H and O–H groups in total. The maximum atomic E-state index is 5.01. The van der Waals surface area contributed by atoms with Gasteiger partial charge in [-0.15, -0.1) is 0 Å². The van der Waals surface area contributed by atoms with Gasteiger partial charge >= 0.3 is 167 Å². The van der Waals surface area contributed by atoms with Crippen LogP contribution in [0, 0.1) is 5.41 Å². The van der Waals surface area contributed by atoms with Crippen molar-refractivity contribution < 1.29 is 0 Å². The van der Waals surface area contributed by atoms with Crippen LogP contribution in [0.15, 0.2) is 40.9 Å². The molecule has 1 aromatic carbocycles. The first-order valence-electron chi connectivity index (χ1n) is 9.83. The van der Waals surface area contributed by atoms with E-state index in [2.05, 4.69) is 105 Å². The summed E-state index contributed by atoms with van der Waals surface area (Å²) >= 11 is -2.38. The Morgan fingerprint density at radius 3 is 1.96 bits per heavy atom. The molecule has 1 unspecified atom stereocenters. The summed E-state index contributed by atoms with van der Waals surface area (Å²) in [7, 11) is 0. The van der Waals surface area contributed by atoms with Crippen LogP contribution in [0.1, 0.15) is 54.0 Å². The average Bonchev–Trinajstić information content (AvgIpc) is 2.92. The Balaban J connectivity index is 2.69. The van der Waals surface area contributed by atoms with Crippen LogP contribution in [-0.4, -0.2) is 42.4 Å². The van der Waals surface area contributed by atoms with Crippen LogP contribution < -0.4 is 0 Å².